The van der Waals surface area contributed by atoms with Gasteiger partial charge in [0.1, 0.15) is 0 Å². The third-order valence-corrected chi connectivity index (χ3v) is 6.55. The maximum Gasteiger partial charge on any atom is 0.308 e. The summed E-state index contributed by atoms with van der Waals surface area (Å²) in [6.45, 7) is 1.93. The van der Waals surface area contributed by atoms with Crippen LogP contribution in [0.2, 0.25) is 0 Å². The zero-order chi connectivity index (χ0) is 19.1. The third kappa shape index (κ3) is 2.83. The van der Waals surface area contributed by atoms with Crippen molar-refractivity contribution in [1.82, 2.24) is 9.88 Å². The van der Waals surface area contributed by atoms with Crippen LogP contribution < -0.4 is 0 Å². The summed E-state index contributed by atoms with van der Waals surface area (Å²) in [6, 6.07) is 17.7. The van der Waals surface area contributed by atoms with E-state index in [1.165, 1.54) is 40.4 Å². The van der Waals surface area contributed by atoms with Crippen LogP contribution in [0.15, 0.2) is 48.5 Å². The molecule has 144 valence electrons. The number of ether oxygens (including phenoxy) is 1. The number of hydrogen-bond acceptors (Lipinski definition) is 3. The van der Waals surface area contributed by atoms with Gasteiger partial charge in [0.15, 0.2) is 0 Å². The molecule has 2 aliphatic rings. The lowest BCUT2D eigenvalue weighted by Crippen LogP contribution is -2.39. The van der Waals surface area contributed by atoms with E-state index < -0.39 is 0 Å². The summed E-state index contributed by atoms with van der Waals surface area (Å²) in [5, 5.41) is 1.41. The van der Waals surface area contributed by atoms with Gasteiger partial charge < -0.3 is 9.72 Å². The molecule has 1 aromatic heterocycles. The minimum Gasteiger partial charge on any atom is -0.469 e. The summed E-state index contributed by atoms with van der Waals surface area (Å²) < 4.78 is 4.95. The minimum absolute atomic E-state index is 0.0502. The highest BCUT2D eigenvalue weighted by atomic mass is 16.5. The molecule has 1 atom stereocenters. The Morgan fingerprint density at radius 3 is 2.57 bits per heavy atom. The Morgan fingerprint density at radius 2 is 1.82 bits per heavy atom. The van der Waals surface area contributed by atoms with Crippen molar-refractivity contribution in [2.45, 2.75) is 31.7 Å². The quantitative estimate of drug-likeness (QED) is 0.676. The lowest BCUT2D eigenvalue weighted by Gasteiger charge is -2.39. The second kappa shape index (κ2) is 7.10. The van der Waals surface area contributed by atoms with Crippen molar-refractivity contribution in [1.29, 1.82) is 0 Å². The van der Waals surface area contributed by atoms with Gasteiger partial charge in [0, 0.05) is 22.6 Å². The Bertz CT molecular complexity index is 1000. The summed E-state index contributed by atoms with van der Waals surface area (Å²) in [7, 11) is 1.49. The van der Waals surface area contributed by atoms with Crippen molar-refractivity contribution in [3.05, 3.63) is 59.7 Å². The van der Waals surface area contributed by atoms with Crippen molar-refractivity contribution in [3.63, 3.8) is 0 Å². The Labute approximate surface area is 165 Å². The Balaban J connectivity index is 1.48. The number of rotatable bonds is 3. The Kier molecular flexibility index (Phi) is 4.44. The van der Waals surface area contributed by atoms with Gasteiger partial charge >= 0.3 is 5.97 Å². The first kappa shape index (κ1) is 17.5. The Hall–Kier alpha value is -2.59. The summed E-state index contributed by atoms with van der Waals surface area (Å²) in [4.78, 5) is 18.1. The summed E-state index contributed by atoms with van der Waals surface area (Å²) in [5.74, 6) is 0.0129. The molecule has 2 aromatic carbocycles. The smallest absolute Gasteiger partial charge is 0.308 e. The van der Waals surface area contributed by atoms with Crippen molar-refractivity contribution < 1.29 is 9.53 Å². The number of carbonyl (C=O) groups is 1. The molecule has 5 rings (SSSR count). The largest absolute Gasteiger partial charge is 0.469 e. The van der Waals surface area contributed by atoms with Crippen LogP contribution in [-0.2, 0) is 16.0 Å². The van der Waals surface area contributed by atoms with E-state index in [1.54, 1.807) is 0 Å². The van der Waals surface area contributed by atoms with Gasteiger partial charge in [-0.1, -0.05) is 42.5 Å². The molecule has 0 saturated carbocycles. The van der Waals surface area contributed by atoms with Crippen LogP contribution in [0.4, 0.5) is 0 Å². The summed E-state index contributed by atoms with van der Waals surface area (Å²) >= 11 is 0. The maximum atomic E-state index is 11.9. The van der Waals surface area contributed by atoms with E-state index in [0.29, 0.717) is 6.04 Å². The highest BCUT2D eigenvalue weighted by molar-refractivity contribution is 5.94. The van der Waals surface area contributed by atoms with Crippen molar-refractivity contribution in [3.8, 4) is 11.3 Å². The first-order valence-corrected chi connectivity index (χ1v) is 10.3. The molecule has 1 unspecified atom stereocenters. The molecule has 0 spiro atoms. The van der Waals surface area contributed by atoms with Gasteiger partial charge in [-0.05, 0) is 61.5 Å². The molecule has 1 aliphatic carbocycles. The molecule has 4 nitrogen and oxygen atoms in total. The molecule has 1 saturated heterocycles. The van der Waals surface area contributed by atoms with Crippen LogP contribution in [0.3, 0.4) is 0 Å². The zero-order valence-electron chi connectivity index (χ0n) is 16.3. The van der Waals surface area contributed by atoms with Crippen LogP contribution >= 0.6 is 0 Å². The monoisotopic (exact) mass is 374 g/mol. The molecule has 3 aromatic rings. The van der Waals surface area contributed by atoms with Crippen LogP contribution in [-0.4, -0.2) is 36.1 Å². The van der Waals surface area contributed by atoms with Crippen LogP contribution in [0, 0.1) is 5.92 Å². The molecule has 4 heteroatoms. The molecule has 2 heterocycles. The number of methoxy groups -OCH3 is 1. The number of aromatic amines is 1. The number of hydrogen-bond donors (Lipinski definition) is 1. The predicted molar refractivity (Wildman–Crippen MR) is 111 cm³/mol. The van der Waals surface area contributed by atoms with E-state index in [9.17, 15) is 4.79 Å². The third-order valence-electron chi connectivity index (χ3n) is 6.55. The lowest BCUT2D eigenvalue weighted by molar-refractivity contribution is -0.147. The van der Waals surface area contributed by atoms with Crippen molar-refractivity contribution in [2.75, 3.05) is 20.2 Å². The van der Waals surface area contributed by atoms with Crippen LogP contribution in [0.1, 0.15) is 36.4 Å². The second-order valence-electron chi connectivity index (χ2n) is 8.00. The number of aryl methyl sites for hydroxylation is 1. The zero-order valence-corrected chi connectivity index (χ0v) is 16.3. The number of piperidine rings is 1. The number of likely N-dealkylation sites (tertiary alicyclic amines) is 1. The van der Waals surface area contributed by atoms with Crippen molar-refractivity contribution >= 4 is 16.9 Å². The summed E-state index contributed by atoms with van der Waals surface area (Å²) in [6.07, 6.45) is 4.01. The Morgan fingerprint density at radius 1 is 1.04 bits per heavy atom. The van der Waals surface area contributed by atoms with Crippen LogP contribution in [0.5, 0.6) is 0 Å². The predicted octanol–water partition coefficient (Wildman–Crippen LogP) is 4.71. The molecule has 0 radical (unpaired) electrons. The van der Waals surface area contributed by atoms with E-state index in [0.717, 1.165) is 38.8 Å². The molecule has 0 bridgehead atoms. The van der Waals surface area contributed by atoms with Gasteiger partial charge in [0.2, 0.25) is 0 Å². The number of benzene rings is 2. The summed E-state index contributed by atoms with van der Waals surface area (Å²) in [5.41, 5.74) is 6.66. The number of aromatic nitrogens is 1. The first-order valence-electron chi connectivity index (χ1n) is 10.3. The minimum atomic E-state index is -0.0502. The second-order valence-corrected chi connectivity index (χ2v) is 8.00. The van der Waals surface area contributed by atoms with Crippen molar-refractivity contribution in [2.24, 2.45) is 5.92 Å². The average Bonchev–Trinajstić information content (AvgIpc) is 3.15. The topological polar surface area (TPSA) is 45.3 Å². The normalized spacial score (nSPS) is 20.4. The highest BCUT2D eigenvalue weighted by Gasteiger charge is 2.33. The number of nitrogens with one attached hydrogen (secondary N) is 1. The SMILES string of the molecule is COC(=O)C1CCN(C2CCc3c(-c4ccccc4)[nH]c4cccc2c34)CC1. The van der Waals surface area contributed by atoms with E-state index in [-0.39, 0.29) is 11.9 Å². The number of nitrogens with zero attached hydrogens (tertiary/aromatic N) is 1. The number of H-pyrrole nitrogens is 1. The van der Waals surface area contributed by atoms with E-state index in [4.69, 9.17) is 4.74 Å². The van der Waals surface area contributed by atoms with E-state index in [1.807, 2.05) is 0 Å². The fourth-order valence-corrected chi connectivity index (χ4v) is 5.15. The number of carbonyl (C=O) groups excluding carboxylic acids is 1. The molecular weight excluding hydrogens is 348 g/mol. The fourth-order valence-electron chi connectivity index (χ4n) is 5.15. The molecule has 1 fully saturated rings. The molecule has 28 heavy (non-hydrogen) atoms. The molecule has 0 amide bonds. The van der Waals surface area contributed by atoms with Gasteiger partial charge in [-0.2, -0.15) is 0 Å². The van der Waals surface area contributed by atoms with Gasteiger partial charge in [-0.25, -0.2) is 0 Å². The van der Waals surface area contributed by atoms with Gasteiger partial charge in [0.25, 0.3) is 0 Å². The number of esters is 1. The standard InChI is InChI=1S/C24H26N2O2/c1-28-24(27)17-12-14-26(15-13-17)21-11-10-19-22-18(21)8-5-9-20(22)25-23(19)16-6-3-2-4-7-16/h2-9,17,21,25H,10-15H2,1H3. The maximum absolute atomic E-state index is 11.9. The lowest BCUT2D eigenvalue weighted by atomic mass is 9.84. The molecular formula is C24H26N2O2. The van der Waals surface area contributed by atoms with Gasteiger partial charge in [-0.15, -0.1) is 0 Å². The highest BCUT2D eigenvalue weighted by Crippen LogP contribution is 2.43. The first-order chi connectivity index (χ1) is 13.8. The fraction of sp³-hybridized carbons (Fsp3) is 0.375. The van der Waals surface area contributed by atoms with Gasteiger partial charge in [0.05, 0.1) is 13.0 Å². The van der Waals surface area contributed by atoms with E-state index >= 15 is 0 Å². The molecule has 1 aliphatic heterocycles. The van der Waals surface area contributed by atoms with Gasteiger partial charge in [-0.3, -0.25) is 9.69 Å². The average molecular weight is 374 g/mol. The van der Waals surface area contributed by atoms with E-state index in [2.05, 4.69) is 58.4 Å². The molecule has 1 N–H and O–H groups in total. The van der Waals surface area contributed by atoms with Crippen LogP contribution in [0.25, 0.3) is 22.2 Å².